The van der Waals surface area contributed by atoms with Crippen molar-refractivity contribution in [3.05, 3.63) is 261 Å². The zero-order chi connectivity index (χ0) is 71.1. The average molecular weight is 1340 g/mol. The lowest BCUT2D eigenvalue weighted by molar-refractivity contribution is -0.121. The third-order valence-corrected chi connectivity index (χ3v) is 20.4. The highest BCUT2D eigenvalue weighted by molar-refractivity contribution is 7.19. The number of aryl methyl sites for hydroxylation is 4. The van der Waals surface area contributed by atoms with Crippen LogP contribution in [0.4, 0.5) is 0 Å². The summed E-state index contributed by atoms with van der Waals surface area (Å²) in [6, 6.07) is 53.2. The number of carboxylic acids is 7. The quantitative estimate of drug-likeness (QED) is 0.0178. The number of carboxylic acid groups (broad SMARTS) is 7. The van der Waals surface area contributed by atoms with E-state index in [0.29, 0.717) is 34.5 Å². The molecule has 0 radical (unpaired) electrons. The van der Waals surface area contributed by atoms with Gasteiger partial charge in [0.25, 0.3) is 25.9 Å². The molecule has 0 saturated carbocycles. The number of carbonyl (C=O) groups is 11. The molecule has 0 aliphatic rings. The van der Waals surface area contributed by atoms with E-state index >= 15 is 0 Å². The fourth-order valence-corrected chi connectivity index (χ4v) is 16.1. The standard InChI is InChI=1S/C32H26O8.C28H20O8Si.C15H10O6/c1-17-5-21(6-18(2)29(17)23-9-25(31(35)36)13-27(11-23)39-15-33)22-7-19(3)30(20(4)8-22)24-10-26(32(37)38)14-28(12-24)40-16-34;29-17-36-21-7-15-25(16-8-21)37(22-9-1-18(2-10-22)26(30)31,23-11-3-19(4-12-23)27(32)33)24-13-5-20(6-14-24)28(34)35;16-8-21-13-6-11(5-12(7-13)15(19)20)9-1-3-10(4-2-9)14(17)18/h5-16H,1-4H3,(H,35,36)(H,37,38);1-17H,(H,30,31)(H,32,33)(H,34,35);1-8H,(H,17,18)(H,19,20). The number of hydrogen-bond donors (Lipinski definition) is 7. The van der Waals surface area contributed by atoms with Crippen molar-refractivity contribution in [2.75, 3.05) is 0 Å². The summed E-state index contributed by atoms with van der Waals surface area (Å²) >= 11 is 0. The molecule has 0 saturated heterocycles. The molecular formula is C75H56O22Si. The van der Waals surface area contributed by atoms with Crippen LogP contribution in [-0.4, -0.2) is 111 Å². The summed E-state index contributed by atoms with van der Waals surface area (Å²) in [5.41, 5.74) is 9.92. The van der Waals surface area contributed by atoms with Gasteiger partial charge in [-0.25, -0.2) is 33.6 Å². The van der Waals surface area contributed by atoms with Crippen LogP contribution in [0.2, 0.25) is 0 Å². The summed E-state index contributed by atoms with van der Waals surface area (Å²) in [6.45, 7) is 8.77. The highest BCUT2D eigenvalue weighted by atomic mass is 28.3. The van der Waals surface area contributed by atoms with Crippen LogP contribution in [0.1, 0.15) is 94.8 Å². The molecule has 0 fully saturated rings. The first kappa shape index (κ1) is 70.5. The molecule has 0 heterocycles. The lowest BCUT2D eigenvalue weighted by Crippen LogP contribution is -2.74. The van der Waals surface area contributed by atoms with Crippen molar-refractivity contribution in [2.24, 2.45) is 0 Å². The summed E-state index contributed by atoms with van der Waals surface area (Å²) < 4.78 is 19.5. The minimum Gasteiger partial charge on any atom is -0.478 e. The van der Waals surface area contributed by atoms with Crippen LogP contribution >= 0.6 is 0 Å². The lowest BCUT2D eigenvalue weighted by atomic mass is 9.87. The van der Waals surface area contributed by atoms with Crippen molar-refractivity contribution in [3.63, 3.8) is 0 Å². The van der Waals surface area contributed by atoms with Crippen LogP contribution in [0.25, 0.3) is 44.5 Å². The molecule has 492 valence electrons. The zero-order valence-electron chi connectivity index (χ0n) is 52.1. The Morgan fingerprint density at radius 2 is 0.480 bits per heavy atom. The van der Waals surface area contributed by atoms with E-state index in [1.165, 1.54) is 78.9 Å². The van der Waals surface area contributed by atoms with E-state index in [2.05, 4.69) is 4.74 Å². The van der Waals surface area contributed by atoms with E-state index < -0.39 is 49.9 Å². The Kier molecular flexibility index (Phi) is 22.3. The van der Waals surface area contributed by atoms with Crippen molar-refractivity contribution < 1.29 is 107 Å². The second-order valence-electron chi connectivity index (χ2n) is 21.8. The van der Waals surface area contributed by atoms with Gasteiger partial charge in [-0.15, -0.1) is 0 Å². The summed E-state index contributed by atoms with van der Waals surface area (Å²) in [5, 5.41) is 68.4. The van der Waals surface area contributed by atoms with Crippen LogP contribution in [0.3, 0.4) is 0 Å². The van der Waals surface area contributed by atoms with Gasteiger partial charge in [0.05, 0.1) is 38.9 Å². The molecular weight excluding hydrogens is 1280 g/mol. The summed E-state index contributed by atoms with van der Waals surface area (Å²) in [4.78, 5) is 123. The summed E-state index contributed by atoms with van der Waals surface area (Å²) in [6.07, 6.45) is 0. The van der Waals surface area contributed by atoms with Crippen LogP contribution < -0.4 is 39.7 Å². The molecule has 23 heteroatoms. The molecule has 0 aliphatic heterocycles. The predicted octanol–water partition coefficient (Wildman–Crippen LogP) is 10.4. The smallest absolute Gasteiger partial charge is 0.335 e. The maximum atomic E-state index is 11.7. The van der Waals surface area contributed by atoms with Gasteiger partial charge in [0.15, 0.2) is 8.07 Å². The first-order valence-electron chi connectivity index (χ1n) is 29.1. The van der Waals surface area contributed by atoms with E-state index in [9.17, 15) is 78.3 Å². The van der Waals surface area contributed by atoms with Crippen LogP contribution in [0.15, 0.2) is 200 Å². The Morgan fingerprint density at radius 1 is 0.255 bits per heavy atom. The molecule has 98 heavy (non-hydrogen) atoms. The number of aromatic carboxylic acids is 7. The third-order valence-electron chi connectivity index (χ3n) is 15.6. The Hall–Kier alpha value is -13.4. The molecule has 10 aromatic carbocycles. The van der Waals surface area contributed by atoms with Gasteiger partial charge in [0.2, 0.25) is 0 Å². The van der Waals surface area contributed by atoms with Gasteiger partial charge in [-0.2, -0.15) is 0 Å². The maximum absolute atomic E-state index is 11.7. The molecule has 0 spiro atoms. The highest BCUT2D eigenvalue weighted by Crippen LogP contribution is 2.39. The van der Waals surface area contributed by atoms with Gasteiger partial charge in [-0.3, -0.25) is 19.2 Å². The molecule has 10 rings (SSSR count). The highest BCUT2D eigenvalue weighted by Gasteiger charge is 2.42. The van der Waals surface area contributed by atoms with Gasteiger partial charge in [0.1, 0.15) is 23.0 Å². The monoisotopic (exact) mass is 1340 g/mol. The molecule has 0 bridgehead atoms. The number of benzene rings is 10. The first-order chi connectivity index (χ1) is 46.8. The molecule has 0 amide bonds. The van der Waals surface area contributed by atoms with Gasteiger partial charge in [-0.1, -0.05) is 84.9 Å². The minimum absolute atomic E-state index is 0.00716. The average Bonchev–Trinajstić information content (AvgIpc) is 0.736. The van der Waals surface area contributed by atoms with Crippen LogP contribution in [-0.2, 0) is 19.2 Å². The second kappa shape index (κ2) is 31.0. The van der Waals surface area contributed by atoms with Gasteiger partial charge >= 0.3 is 41.8 Å². The van der Waals surface area contributed by atoms with Crippen molar-refractivity contribution >= 4 is 96.5 Å². The first-order valence-corrected chi connectivity index (χ1v) is 31.1. The van der Waals surface area contributed by atoms with E-state index in [-0.39, 0.29) is 75.6 Å². The van der Waals surface area contributed by atoms with Crippen LogP contribution in [0.5, 0.6) is 23.0 Å². The zero-order valence-corrected chi connectivity index (χ0v) is 53.1. The Bertz CT molecular complexity index is 4460. The molecule has 22 nitrogen and oxygen atoms in total. The Morgan fingerprint density at radius 3 is 0.745 bits per heavy atom. The molecule has 7 N–H and O–H groups in total. The number of ether oxygens (including phenoxy) is 4. The van der Waals surface area contributed by atoms with Crippen LogP contribution in [0, 0.1) is 27.7 Å². The molecule has 0 aliphatic carbocycles. The van der Waals surface area contributed by atoms with Crippen molar-refractivity contribution in [1.82, 2.24) is 0 Å². The van der Waals surface area contributed by atoms with Crippen molar-refractivity contribution in [1.29, 1.82) is 0 Å². The molecule has 0 unspecified atom stereocenters. The normalized spacial score (nSPS) is 10.6. The van der Waals surface area contributed by atoms with E-state index in [4.69, 9.17) is 24.4 Å². The van der Waals surface area contributed by atoms with E-state index in [1.54, 1.807) is 97.1 Å². The van der Waals surface area contributed by atoms with Gasteiger partial charge < -0.3 is 54.7 Å². The number of carbonyl (C=O) groups excluding carboxylic acids is 4. The van der Waals surface area contributed by atoms with Crippen molar-refractivity contribution in [2.45, 2.75) is 27.7 Å². The largest absolute Gasteiger partial charge is 0.478 e. The maximum Gasteiger partial charge on any atom is 0.335 e. The fraction of sp³-hybridized carbons (Fsp3) is 0.0533. The van der Waals surface area contributed by atoms with Crippen molar-refractivity contribution in [3.8, 4) is 67.5 Å². The van der Waals surface area contributed by atoms with Gasteiger partial charge in [-0.05, 0) is 230 Å². The number of rotatable bonds is 23. The molecule has 0 atom stereocenters. The predicted molar refractivity (Wildman–Crippen MR) is 359 cm³/mol. The fourth-order valence-electron chi connectivity index (χ4n) is 11.4. The second-order valence-corrected chi connectivity index (χ2v) is 25.6. The Balaban J connectivity index is 0.000000196. The van der Waals surface area contributed by atoms with Gasteiger partial charge in [0, 0.05) is 0 Å². The topological polar surface area (TPSA) is 366 Å². The van der Waals surface area contributed by atoms with E-state index in [1.807, 2.05) is 52.0 Å². The molecule has 10 aromatic rings. The SMILES string of the molecule is Cc1cc(-c2cc(C)c(-c3cc(OC=O)cc(C(=O)O)c3)c(C)c2)cc(C)c1-c1cc(OC=O)cc(C(=O)O)c1.O=COc1cc(C(=O)O)cc(-c2ccc(C(=O)O)cc2)c1.O=COc1ccc([Si](c2ccc(C(=O)O)cc2)(c2ccc(C(=O)O)cc2)c2ccc(C(=O)O)cc2)cc1. The summed E-state index contributed by atoms with van der Waals surface area (Å²) in [5.74, 6) is -6.99. The minimum atomic E-state index is -3.24. The van der Waals surface area contributed by atoms with E-state index in [0.717, 1.165) is 65.3 Å². The number of hydrogen-bond acceptors (Lipinski definition) is 15. The molecule has 0 aromatic heterocycles. The third kappa shape index (κ3) is 16.1. The Labute approximate surface area is 558 Å². The summed E-state index contributed by atoms with van der Waals surface area (Å²) in [7, 11) is -3.24. The lowest BCUT2D eigenvalue weighted by Gasteiger charge is -2.34.